The number of benzene rings is 1. The van der Waals surface area contributed by atoms with Crippen molar-refractivity contribution in [3.63, 3.8) is 0 Å². The van der Waals surface area contributed by atoms with Gasteiger partial charge in [0.1, 0.15) is 5.69 Å². The van der Waals surface area contributed by atoms with Crippen molar-refractivity contribution in [3.8, 4) is 0 Å². The van der Waals surface area contributed by atoms with E-state index in [1.807, 2.05) is 0 Å². The first-order valence-corrected chi connectivity index (χ1v) is 6.90. The van der Waals surface area contributed by atoms with Gasteiger partial charge in [-0.3, -0.25) is 4.99 Å². The van der Waals surface area contributed by atoms with Crippen LogP contribution in [0.1, 0.15) is 13.3 Å². The number of nitrogens with zero attached hydrogens (tertiary/aromatic N) is 1. The lowest BCUT2D eigenvalue weighted by Crippen LogP contribution is -2.10. The second-order valence-electron chi connectivity index (χ2n) is 3.66. The van der Waals surface area contributed by atoms with Crippen LogP contribution in [0.4, 0.5) is 14.5 Å². The molecule has 2 nitrogen and oxygen atoms in total. The molecule has 1 N–H and O–H groups in total. The molecule has 0 bridgehead atoms. The van der Waals surface area contributed by atoms with Crippen LogP contribution in [0.25, 0.3) is 0 Å². The summed E-state index contributed by atoms with van der Waals surface area (Å²) >= 11 is 4.56. The Labute approximate surface area is 111 Å². The number of amidine groups is 1. The molecule has 0 radical (unpaired) electrons. The van der Waals surface area contributed by atoms with Crippen molar-refractivity contribution in [1.82, 2.24) is 0 Å². The van der Waals surface area contributed by atoms with Crippen LogP contribution >= 0.6 is 27.7 Å². The van der Waals surface area contributed by atoms with Crippen molar-refractivity contribution in [3.05, 3.63) is 28.2 Å². The fourth-order valence-electron chi connectivity index (χ4n) is 1.47. The quantitative estimate of drug-likeness (QED) is 0.890. The zero-order chi connectivity index (χ0) is 12.4. The van der Waals surface area contributed by atoms with Crippen molar-refractivity contribution in [2.24, 2.45) is 4.99 Å². The summed E-state index contributed by atoms with van der Waals surface area (Å²) in [6.45, 7) is 2.76. The summed E-state index contributed by atoms with van der Waals surface area (Å²) < 4.78 is 27.5. The largest absolute Gasteiger partial charge is 0.330 e. The average Bonchev–Trinajstić information content (AvgIpc) is 2.71. The summed E-state index contributed by atoms with van der Waals surface area (Å²) in [5, 5.41) is 3.69. The molecule has 2 rings (SSSR count). The summed E-state index contributed by atoms with van der Waals surface area (Å²) in [7, 11) is 0. The summed E-state index contributed by atoms with van der Waals surface area (Å²) in [6, 6.07) is 2.45. The standard InChI is InChI=1S/C11H11BrF2N2S/c1-2-7-5-15-11(17-7)16-10-8(13)3-6(12)4-9(10)14/h3-4,7H,2,5H2,1H3,(H,15,16). The number of thioether (sulfide) groups is 1. The molecule has 1 heterocycles. The maximum atomic E-state index is 13.5. The van der Waals surface area contributed by atoms with Gasteiger partial charge in [0.25, 0.3) is 0 Å². The second kappa shape index (κ2) is 5.35. The average molecular weight is 321 g/mol. The van der Waals surface area contributed by atoms with E-state index in [1.165, 1.54) is 23.9 Å². The van der Waals surface area contributed by atoms with Gasteiger partial charge in [0, 0.05) is 9.72 Å². The molecule has 17 heavy (non-hydrogen) atoms. The van der Waals surface area contributed by atoms with Crippen LogP contribution in [-0.4, -0.2) is 17.0 Å². The molecule has 1 aliphatic rings. The summed E-state index contributed by atoms with van der Waals surface area (Å²) in [5.74, 6) is -1.25. The molecule has 0 aliphatic carbocycles. The van der Waals surface area contributed by atoms with Gasteiger partial charge in [-0.25, -0.2) is 8.78 Å². The molecule has 1 unspecified atom stereocenters. The zero-order valence-corrected chi connectivity index (χ0v) is 11.5. The van der Waals surface area contributed by atoms with Crippen LogP contribution in [0.15, 0.2) is 21.6 Å². The van der Waals surface area contributed by atoms with E-state index in [1.54, 1.807) is 0 Å². The molecule has 0 saturated heterocycles. The van der Waals surface area contributed by atoms with Gasteiger partial charge in [-0.2, -0.15) is 0 Å². The molecule has 0 spiro atoms. The molecule has 0 fully saturated rings. The lowest BCUT2D eigenvalue weighted by atomic mass is 10.3. The Hall–Kier alpha value is -0.620. The molecule has 0 amide bonds. The number of aliphatic imine (C=N–C) groups is 1. The van der Waals surface area contributed by atoms with E-state index in [0.717, 1.165) is 6.42 Å². The topological polar surface area (TPSA) is 24.4 Å². The Bertz CT molecular complexity index is 442. The molecule has 0 saturated carbocycles. The second-order valence-corrected chi connectivity index (χ2v) is 5.87. The summed E-state index contributed by atoms with van der Waals surface area (Å²) in [4.78, 5) is 4.21. The first-order chi connectivity index (χ1) is 8.10. The maximum absolute atomic E-state index is 13.5. The minimum atomic E-state index is -0.625. The first-order valence-electron chi connectivity index (χ1n) is 5.22. The van der Waals surface area contributed by atoms with Gasteiger partial charge < -0.3 is 5.32 Å². The van der Waals surface area contributed by atoms with Gasteiger partial charge in [-0.1, -0.05) is 34.6 Å². The first kappa shape index (κ1) is 12.8. The third-order valence-electron chi connectivity index (χ3n) is 2.41. The molecular formula is C11H11BrF2N2S. The lowest BCUT2D eigenvalue weighted by molar-refractivity contribution is 0.590. The minimum absolute atomic E-state index is 0.142. The molecule has 1 aromatic carbocycles. The van der Waals surface area contributed by atoms with Crippen molar-refractivity contribution in [2.45, 2.75) is 18.6 Å². The minimum Gasteiger partial charge on any atom is -0.330 e. The number of nitrogens with one attached hydrogen (secondary N) is 1. The highest BCUT2D eigenvalue weighted by molar-refractivity contribution is 9.10. The lowest BCUT2D eigenvalue weighted by Gasteiger charge is -2.09. The molecule has 6 heteroatoms. The molecule has 1 aromatic rings. The van der Waals surface area contributed by atoms with E-state index in [0.29, 0.717) is 21.4 Å². The Morgan fingerprint density at radius 1 is 1.47 bits per heavy atom. The Morgan fingerprint density at radius 2 is 2.12 bits per heavy atom. The number of hydrogen-bond acceptors (Lipinski definition) is 3. The normalized spacial score (nSPS) is 19.3. The van der Waals surface area contributed by atoms with Gasteiger partial charge in [0.2, 0.25) is 0 Å². The Balaban J connectivity index is 2.15. The van der Waals surface area contributed by atoms with Crippen molar-refractivity contribution in [1.29, 1.82) is 0 Å². The molecule has 1 atom stereocenters. The fourth-order valence-corrected chi connectivity index (χ4v) is 2.81. The van der Waals surface area contributed by atoms with Crippen molar-refractivity contribution >= 4 is 38.5 Å². The number of anilines is 1. The smallest absolute Gasteiger partial charge is 0.161 e. The fraction of sp³-hybridized carbons (Fsp3) is 0.364. The van der Waals surface area contributed by atoms with Crippen LogP contribution < -0.4 is 5.32 Å². The van der Waals surface area contributed by atoms with E-state index in [2.05, 4.69) is 33.2 Å². The number of hydrogen-bond donors (Lipinski definition) is 1. The predicted octanol–water partition coefficient (Wildman–Crippen LogP) is 4.02. The molecule has 1 aliphatic heterocycles. The van der Waals surface area contributed by atoms with Crippen molar-refractivity contribution < 1.29 is 8.78 Å². The highest BCUT2D eigenvalue weighted by Gasteiger charge is 2.20. The van der Waals surface area contributed by atoms with Gasteiger partial charge >= 0.3 is 0 Å². The van der Waals surface area contributed by atoms with Crippen LogP contribution in [0.2, 0.25) is 0 Å². The third-order valence-corrected chi connectivity index (χ3v) is 4.14. The number of rotatable bonds is 2. The van der Waals surface area contributed by atoms with Crippen LogP contribution in [-0.2, 0) is 0 Å². The van der Waals surface area contributed by atoms with Gasteiger partial charge in [-0.05, 0) is 18.6 Å². The van der Waals surface area contributed by atoms with Crippen molar-refractivity contribution in [2.75, 3.05) is 11.9 Å². The summed E-state index contributed by atoms with van der Waals surface area (Å²) in [6.07, 6.45) is 0.991. The van der Waals surface area contributed by atoms with E-state index in [-0.39, 0.29) is 5.69 Å². The third kappa shape index (κ3) is 2.98. The van der Waals surface area contributed by atoms with Gasteiger partial charge in [0.15, 0.2) is 16.8 Å². The maximum Gasteiger partial charge on any atom is 0.161 e. The van der Waals surface area contributed by atoms with Crippen LogP contribution in [0.5, 0.6) is 0 Å². The van der Waals surface area contributed by atoms with Crippen LogP contribution in [0, 0.1) is 11.6 Å². The van der Waals surface area contributed by atoms with E-state index in [4.69, 9.17) is 0 Å². The van der Waals surface area contributed by atoms with Gasteiger partial charge in [-0.15, -0.1) is 0 Å². The van der Waals surface area contributed by atoms with E-state index < -0.39 is 11.6 Å². The predicted molar refractivity (Wildman–Crippen MR) is 71.7 cm³/mol. The van der Waals surface area contributed by atoms with Crippen LogP contribution in [0.3, 0.4) is 0 Å². The molecule has 0 aromatic heterocycles. The SMILES string of the molecule is CCC1CN=C(Nc2c(F)cc(Br)cc2F)S1. The molecular weight excluding hydrogens is 310 g/mol. The highest BCUT2D eigenvalue weighted by atomic mass is 79.9. The highest BCUT2D eigenvalue weighted by Crippen LogP contribution is 2.28. The molecule has 92 valence electrons. The Kier molecular flexibility index (Phi) is 4.04. The zero-order valence-electron chi connectivity index (χ0n) is 9.14. The van der Waals surface area contributed by atoms with E-state index >= 15 is 0 Å². The summed E-state index contributed by atoms with van der Waals surface area (Å²) in [5.41, 5.74) is -0.142. The monoisotopic (exact) mass is 320 g/mol. The number of halogens is 3. The van der Waals surface area contributed by atoms with E-state index in [9.17, 15) is 8.78 Å². The Morgan fingerprint density at radius 3 is 2.65 bits per heavy atom. The van der Waals surface area contributed by atoms with Gasteiger partial charge in [0.05, 0.1) is 6.54 Å².